The average Bonchev–Trinajstić information content (AvgIpc) is 3.55. The lowest BCUT2D eigenvalue weighted by atomic mass is 10.0. The third kappa shape index (κ3) is 7.29. The van der Waals surface area contributed by atoms with Crippen molar-refractivity contribution in [3.05, 3.63) is 48.0 Å². The van der Waals surface area contributed by atoms with Crippen LogP contribution in [0.5, 0.6) is 5.75 Å². The average molecular weight is 515 g/mol. The number of aromatic amines is 1. The van der Waals surface area contributed by atoms with Crippen LogP contribution >= 0.6 is 0 Å². The summed E-state index contributed by atoms with van der Waals surface area (Å²) in [4.78, 5) is 59.3. The minimum atomic E-state index is -1.21. The molecule has 1 fully saturated rings. The minimum absolute atomic E-state index is 0.0148. The number of H-pyrrole nitrogens is 1. The molecule has 3 amide bonds. The molecule has 1 aromatic carbocycles. The van der Waals surface area contributed by atoms with Gasteiger partial charge in [-0.05, 0) is 36.5 Å². The molecule has 1 aromatic heterocycles. The van der Waals surface area contributed by atoms with Crippen LogP contribution in [-0.4, -0.2) is 79.5 Å². The summed E-state index contributed by atoms with van der Waals surface area (Å²) in [6.07, 6.45) is 4.23. The number of carbonyl (C=O) groups is 4. The third-order valence-electron chi connectivity index (χ3n) is 6.39. The maximum Gasteiger partial charge on any atom is 0.326 e. The van der Waals surface area contributed by atoms with Gasteiger partial charge in [0.05, 0.1) is 12.4 Å². The molecule has 0 bridgehead atoms. The lowest BCUT2D eigenvalue weighted by molar-refractivity contribution is -0.145. The second-order valence-electron chi connectivity index (χ2n) is 9.58. The molecule has 12 nitrogen and oxygen atoms in total. The van der Waals surface area contributed by atoms with Gasteiger partial charge in [0.1, 0.15) is 23.9 Å². The number of likely N-dealkylation sites (tertiary alicyclic amines) is 1. The predicted octanol–water partition coefficient (Wildman–Crippen LogP) is -0.0710. The molecule has 200 valence electrons. The second-order valence-corrected chi connectivity index (χ2v) is 9.58. The van der Waals surface area contributed by atoms with Crippen LogP contribution in [-0.2, 0) is 32.0 Å². The molecule has 0 radical (unpaired) electrons. The Bertz CT molecular complexity index is 1090. The van der Waals surface area contributed by atoms with Gasteiger partial charge in [-0.25, -0.2) is 9.78 Å². The zero-order chi connectivity index (χ0) is 27.1. The molecule has 2 aromatic rings. The standard InChI is InChI=1S/C25H34N6O6/c1-14(2)21(30-22(33)18(26)11-16-12-27-13-28-16)24(35)31-9-3-4-20(31)23(34)29-19(25(36)37)10-15-5-7-17(32)8-6-15/h5-8,12-14,18-21,32H,3-4,9-11,26H2,1-2H3,(H,27,28)(H,29,34)(H,30,33)(H,36,37). The number of aliphatic carboxylic acids is 1. The monoisotopic (exact) mass is 514 g/mol. The van der Waals surface area contributed by atoms with Crippen molar-refractivity contribution in [2.24, 2.45) is 11.7 Å². The Balaban J connectivity index is 1.66. The van der Waals surface area contributed by atoms with Crippen LogP contribution in [0, 0.1) is 5.92 Å². The number of nitrogens with one attached hydrogen (secondary N) is 3. The number of hydrogen-bond acceptors (Lipinski definition) is 7. The van der Waals surface area contributed by atoms with E-state index in [0.29, 0.717) is 30.6 Å². The highest BCUT2D eigenvalue weighted by Crippen LogP contribution is 2.21. The zero-order valence-electron chi connectivity index (χ0n) is 20.9. The molecule has 7 N–H and O–H groups in total. The number of nitrogens with two attached hydrogens (primary N) is 1. The van der Waals surface area contributed by atoms with Crippen LogP contribution in [0.2, 0.25) is 0 Å². The van der Waals surface area contributed by atoms with E-state index in [4.69, 9.17) is 5.73 Å². The number of phenols is 1. The lowest BCUT2D eigenvalue weighted by Crippen LogP contribution is -2.58. The highest BCUT2D eigenvalue weighted by atomic mass is 16.4. The molecule has 0 saturated carbocycles. The van der Waals surface area contributed by atoms with Crippen molar-refractivity contribution in [3.63, 3.8) is 0 Å². The summed E-state index contributed by atoms with van der Waals surface area (Å²) in [6, 6.07) is 2.17. The van der Waals surface area contributed by atoms with Crippen LogP contribution in [0.3, 0.4) is 0 Å². The fourth-order valence-corrected chi connectivity index (χ4v) is 4.32. The summed E-state index contributed by atoms with van der Waals surface area (Å²) in [5.74, 6) is -2.92. The molecule has 0 spiro atoms. The number of amides is 3. The number of carboxylic acid groups (broad SMARTS) is 1. The number of hydrogen-bond donors (Lipinski definition) is 6. The molecule has 0 aliphatic carbocycles. The van der Waals surface area contributed by atoms with Gasteiger partial charge in [-0.3, -0.25) is 14.4 Å². The van der Waals surface area contributed by atoms with E-state index in [0.717, 1.165) is 0 Å². The summed E-state index contributed by atoms with van der Waals surface area (Å²) in [6.45, 7) is 3.88. The van der Waals surface area contributed by atoms with Gasteiger partial charge in [-0.1, -0.05) is 26.0 Å². The van der Waals surface area contributed by atoms with Crippen LogP contribution < -0.4 is 16.4 Å². The maximum atomic E-state index is 13.5. The number of benzene rings is 1. The smallest absolute Gasteiger partial charge is 0.326 e. The number of rotatable bonds is 11. The van der Waals surface area contributed by atoms with E-state index in [1.807, 2.05) is 0 Å². The van der Waals surface area contributed by atoms with Gasteiger partial charge < -0.3 is 36.5 Å². The highest BCUT2D eigenvalue weighted by Gasteiger charge is 2.40. The SMILES string of the molecule is CC(C)C(NC(=O)C(N)Cc1cnc[nH]1)C(=O)N1CCCC1C(=O)NC(Cc1ccc(O)cc1)C(=O)O. The summed E-state index contributed by atoms with van der Waals surface area (Å²) in [7, 11) is 0. The summed E-state index contributed by atoms with van der Waals surface area (Å²) < 4.78 is 0. The Morgan fingerprint density at radius 3 is 2.46 bits per heavy atom. The number of aromatic nitrogens is 2. The first kappa shape index (κ1) is 27.7. The molecule has 12 heteroatoms. The summed E-state index contributed by atoms with van der Waals surface area (Å²) in [5, 5.41) is 24.4. The number of nitrogens with zero attached hydrogens (tertiary/aromatic N) is 2. The van der Waals surface area contributed by atoms with Crippen molar-refractivity contribution in [1.29, 1.82) is 0 Å². The van der Waals surface area contributed by atoms with Crippen molar-refractivity contribution >= 4 is 23.7 Å². The molecule has 1 aliphatic rings. The fraction of sp³-hybridized carbons (Fsp3) is 0.480. The number of imidazole rings is 1. The van der Waals surface area contributed by atoms with Crippen LogP contribution in [0.25, 0.3) is 0 Å². The second kappa shape index (κ2) is 12.3. The molecule has 37 heavy (non-hydrogen) atoms. The summed E-state index contributed by atoms with van der Waals surface area (Å²) >= 11 is 0. The quantitative estimate of drug-likeness (QED) is 0.240. The van der Waals surface area contributed by atoms with E-state index in [1.165, 1.54) is 23.4 Å². The van der Waals surface area contributed by atoms with Gasteiger partial charge in [0.15, 0.2) is 0 Å². The fourth-order valence-electron chi connectivity index (χ4n) is 4.32. The molecular formula is C25H34N6O6. The Morgan fingerprint density at radius 2 is 1.86 bits per heavy atom. The number of carbonyl (C=O) groups excluding carboxylic acids is 3. The first-order valence-electron chi connectivity index (χ1n) is 12.2. The molecule has 4 atom stereocenters. The van der Waals surface area contributed by atoms with Gasteiger partial charge in [0, 0.05) is 31.3 Å². The van der Waals surface area contributed by atoms with Crippen molar-refractivity contribution in [2.45, 2.75) is 63.7 Å². The Labute approximate surface area is 214 Å². The highest BCUT2D eigenvalue weighted by molar-refractivity contribution is 5.94. The molecule has 1 saturated heterocycles. The molecule has 3 rings (SSSR count). The van der Waals surface area contributed by atoms with Crippen molar-refractivity contribution in [2.75, 3.05) is 6.54 Å². The Kier molecular flexibility index (Phi) is 9.23. The van der Waals surface area contributed by atoms with E-state index < -0.39 is 47.9 Å². The predicted molar refractivity (Wildman–Crippen MR) is 133 cm³/mol. The third-order valence-corrected chi connectivity index (χ3v) is 6.39. The zero-order valence-corrected chi connectivity index (χ0v) is 20.9. The number of aromatic hydroxyl groups is 1. The van der Waals surface area contributed by atoms with Gasteiger partial charge in [-0.2, -0.15) is 0 Å². The minimum Gasteiger partial charge on any atom is -0.508 e. The van der Waals surface area contributed by atoms with Crippen LogP contribution in [0.4, 0.5) is 0 Å². The largest absolute Gasteiger partial charge is 0.508 e. The lowest BCUT2D eigenvalue weighted by Gasteiger charge is -2.31. The summed E-state index contributed by atoms with van der Waals surface area (Å²) in [5.41, 5.74) is 7.33. The van der Waals surface area contributed by atoms with E-state index in [1.54, 1.807) is 32.2 Å². The van der Waals surface area contributed by atoms with Gasteiger partial charge >= 0.3 is 5.97 Å². The molecule has 1 aliphatic heterocycles. The number of phenolic OH excluding ortho intramolecular Hbond substituents is 1. The maximum absolute atomic E-state index is 13.5. The first-order chi connectivity index (χ1) is 17.6. The Hall–Kier alpha value is -3.93. The molecule has 4 unspecified atom stereocenters. The Morgan fingerprint density at radius 1 is 1.16 bits per heavy atom. The first-order valence-corrected chi connectivity index (χ1v) is 12.2. The van der Waals surface area contributed by atoms with E-state index in [-0.39, 0.29) is 24.5 Å². The van der Waals surface area contributed by atoms with E-state index in [9.17, 15) is 29.4 Å². The van der Waals surface area contributed by atoms with Gasteiger partial charge in [-0.15, -0.1) is 0 Å². The van der Waals surface area contributed by atoms with Gasteiger partial charge in [0.25, 0.3) is 0 Å². The topological polar surface area (TPSA) is 191 Å². The number of carboxylic acids is 1. The van der Waals surface area contributed by atoms with Crippen molar-refractivity contribution in [3.8, 4) is 5.75 Å². The van der Waals surface area contributed by atoms with Crippen molar-refractivity contribution in [1.82, 2.24) is 25.5 Å². The molecular weight excluding hydrogens is 480 g/mol. The molecule has 2 heterocycles. The van der Waals surface area contributed by atoms with E-state index in [2.05, 4.69) is 20.6 Å². The van der Waals surface area contributed by atoms with Crippen LogP contribution in [0.1, 0.15) is 37.9 Å². The van der Waals surface area contributed by atoms with Crippen molar-refractivity contribution < 1.29 is 29.4 Å². The normalized spacial score (nSPS) is 17.7. The van der Waals surface area contributed by atoms with Gasteiger partial charge in [0.2, 0.25) is 17.7 Å². The van der Waals surface area contributed by atoms with Crippen LogP contribution in [0.15, 0.2) is 36.8 Å². The van der Waals surface area contributed by atoms with E-state index >= 15 is 0 Å².